The fourth-order valence-electron chi connectivity index (χ4n) is 3.81. The molecule has 2 fully saturated rings. The molecule has 34 heavy (non-hydrogen) atoms. The van der Waals surface area contributed by atoms with Gasteiger partial charge in [0.2, 0.25) is 5.91 Å². The maximum atomic E-state index is 13.0. The largest absolute Gasteiger partial charge is 0.361 e. The lowest BCUT2D eigenvalue weighted by molar-refractivity contribution is -0.140. The highest BCUT2D eigenvalue weighted by Crippen LogP contribution is 2.35. The van der Waals surface area contributed by atoms with Crippen molar-refractivity contribution < 1.29 is 19.2 Å². The Morgan fingerprint density at radius 1 is 1.26 bits per heavy atom. The minimum atomic E-state index is -1.12. The van der Waals surface area contributed by atoms with Gasteiger partial charge in [-0.15, -0.1) is 0 Å². The summed E-state index contributed by atoms with van der Waals surface area (Å²) >= 11 is 0. The number of carbonyl (C=O) groups excluding carboxylic acids is 4. The fourth-order valence-corrected chi connectivity index (χ4v) is 3.81. The number of carbonyl (C=O) groups is 4. The average molecular weight is 468 g/mol. The Labute approximate surface area is 197 Å². The van der Waals surface area contributed by atoms with Crippen LogP contribution in [0.4, 0.5) is 5.69 Å². The molecule has 2 atom stereocenters. The number of piperazine rings is 1. The monoisotopic (exact) mass is 467 g/mol. The van der Waals surface area contributed by atoms with E-state index in [9.17, 15) is 24.4 Å². The minimum Gasteiger partial charge on any atom is -0.361 e. The lowest BCUT2D eigenvalue weighted by Gasteiger charge is -2.39. The molecule has 1 aromatic rings. The molecule has 2 unspecified atom stereocenters. The third kappa shape index (κ3) is 5.18. The summed E-state index contributed by atoms with van der Waals surface area (Å²) in [5, 5.41) is 16.3. The molecule has 0 aromatic heterocycles. The van der Waals surface area contributed by atoms with E-state index < -0.39 is 17.9 Å². The molecule has 11 nitrogen and oxygen atoms in total. The SMILES string of the molecule is CC.CC1CN(CNC(=O)C(N)=O)C(=O)C2=CC(c3ccc(C#N)cc3NC(=O)C3CC3)NN21. The zero-order chi connectivity index (χ0) is 25.0. The standard InChI is InChI=1S/C21H23N7O4.C2H6/c1-11-9-27(10-24-20(31)18(23)29)21(32)17-7-16(26-28(11)17)14-5-2-12(8-22)6-15(14)25-19(30)13-3-4-13;1-2/h2,5-7,11,13,16,26H,3-4,9-10H2,1H3,(H2,23,29)(H,24,31)(H,25,30);1-2H3. The second-order valence-electron chi connectivity index (χ2n) is 8.11. The quantitative estimate of drug-likeness (QED) is 0.458. The highest BCUT2D eigenvalue weighted by Gasteiger charge is 2.40. The lowest BCUT2D eigenvalue weighted by Crippen LogP contribution is -2.58. The molecule has 1 aromatic carbocycles. The van der Waals surface area contributed by atoms with Gasteiger partial charge >= 0.3 is 11.8 Å². The smallest absolute Gasteiger partial charge is 0.310 e. The number of hydrazine groups is 1. The molecule has 0 spiro atoms. The first-order valence-electron chi connectivity index (χ1n) is 11.3. The Balaban J connectivity index is 0.00000158. The first-order chi connectivity index (χ1) is 16.3. The fraction of sp³-hybridized carbons (Fsp3) is 0.435. The van der Waals surface area contributed by atoms with Crippen molar-refractivity contribution in [3.8, 4) is 6.07 Å². The molecule has 0 radical (unpaired) electrons. The van der Waals surface area contributed by atoms with E-state index in [2.05, 4.69) is 22.1 Å². The highest BCUT2D eigenvalue weighted by molar-refractivity contribution is 6.34. The molecule has 0 bridgehead atoms. The molecular weight excluding hydrogens is 438 g/mol. The first-order valence-corrected chi connectivity index (χ1v) is 11.3. The van der Waals surface area contributed by atoms with Crippen LogP contribution in [0.25, 0.3) is 0 Å². The second-order valence-corrected chi connectivity index (χ2v) is 8.11. The van der Waals surface area contributed by atoms with Crippen LogP contribution in [0.5, 0.6) is 0 Å². The van der Waals surface area contributed by atoms with Gasteiger partial charge in [-0.1, -0.05) is 19.9 Å². The average Bonchev–Trinajstić information content (AvgIpc) is 3.59. The van der Waals surface area contributed by atoms with Crippen molar-refractivity contribution in [1.29, 1.82) is 5.26 Å². The number of anilines is 1. The highest BCUT2D eigenvalue weighted by atomic mass is 16.2. The van der Waals surface area contributed by atoms with Gasteiger partial charge in [-0.05, 0) is 43.5 Å². The summed E-state index contributed by atoms with van der Waals surface area (Å²) in [5.41, 5.74) is 10.3. The molecule has 2 heterocycles. The van der Waals surface area contributed by atoms with Crippen molar-refractivity contribution in [2.45, 2.75) is 45.7 Å². The summed E-state index contributed by atoms with van der Waals surface area (Å²) in [6.07, 6.45) is 3.45. The van der Waals surface area contributed by atoms with E-state index in [1.165, 1.54) is 4.90 Å². The van der Waals surface area contributed by atoms with E-state index >= 15 is 0 Å². The summed E-state index contributed by atoms with van der Waals surface area (Å²) in [6, 6.07) is 6.60. The maximum Gasteiger partial charge on any atom is 0.310 e. The first kappa shape index (κ1) is 24.7. The number of fused-ring (bicyclic) bond motifs is 1. The van der Waals surface area contributed by atoms with E-state index in [4.69, 9.17) is 5.73 Å². The van der Waals surface area contributed by atoms with E-state index in [0.29, 0.717) is 23.5 Å². The van der Waals surface area contributed by atoms with Gasteiger partial charge in [0.15, 0.2) is 0 Å². The Morgan fingerprint density at radius 2 is 1.97 bits per heavy atom. The van der Waals surface area contributed by atoms with Crippen molar-refractivity contribution in [2.75, 3.05) is 18.5 Å². The number of nitrogens with two attached hydrogens (primary N) is 1. The second kappa shape index (κ2) is 10.4. The van der Waals surface area contributed by atoms with Gasteiger partial charge in [0.05, 0.1) is 30.4 Å². The van der Waals surface area contributed by atoms with Gasteiger partial charge in [0.25, 0.3) is 5.91 Å². The van der Waals surface area contributed by atoms with Crippen LogP contribution < -0.4 is 21.8 Å². The van der Waals surface area contributed by atoms with Crippen LogP contribution in [0.3, 0.4) is 0 Å². The number of nitrogens with one attached hydrogen (secondary N) is 3. The third-order valence-corrected chi connectivity index (χ3v) is 5.67. The zero-order valence-corrected chi connectivity index (χ0v) is 19.4. The van der Waals surface area contributed by atoms with Crippen molar-refractivity contribution >= 4 is 29.3 Å². The van der Waals surface area contributed by atoms with Gasteiger partial charge < -0.3 is 21.3 Å². The Hall–Kier alpha value is -3.91. The summed E-state index contributed by atoms with van der Waals surface area (Å²) in [4.78, 5) is 49.1. The molecule has 3 aliphatic rings. The minimum absolute atomic E-state index is 0.000542. The zero-order valence-electron chi connectivity index (χ0n) is 19.4. The van der Waals surface area contributed by atoms with Crippen LogP contribution in [-0.2, 0) is 19.2 Å². The van der Waals surface area contributed by atoms with Crippen molar-refractivity contribution in [2.24, 2.45) is 11.7 Å². The predicted octanol–water partition coefficient (Wildman–Crippen LogP) is 0.468. The van der Waals surface area contributed by atoms with E-state index in [1.807, 2.05) is 20.8 Å². The van der Waals surface area contributed by atoms with Crippen molar-refractivity contribution in [1.82, 2.24) is 20.7 Å². The van der Waals surface area contributed by atoms with E-state index in [0.717, 1.165) is 18.4 Å². The number of amides is 4. The van der Waals surface area contributed by atoms with Crippen LogP contribution in [0, 0.1) is 17.2 Å². The summed E-state index contributed by atoms with van der Waals surface area (Å²) < 4.78 is 0. The summed E-state index contributed by atoms with van der Waals surface area (Å²) in [7, 11) is 0. The Kier molecular flexibility index (Phi) is 7.53. The van der Waals surface area contributed by atoms with Gasteiger partial charge in [0.1, 0.15) is 5.70 Å². The topological polar surface area (TPSA) is 161 Å². The van der Waals surface area contributed by atoms with Crippen molar-refractivity contribution in [3.63, 3.8) is 0 Å². The number of rotatable bonds is 5. The molecule has 1 saturated carbocycles. The summed E-state index contributed by atoms with van der Waals surface area (Å²) in [6.45, 7) is 6.08. The predicted molar refractivity (Wildman–Crippen MR) is 123 cm³/mol. The van der Waals surface area contributed by atoms with Crippen LogP contribution >= 0.6 is 0 Å². The lowest BCUT2D eigenvalue weighted by atomic mass is 10.0. The number of hydrogen-bond acceptors (Lipinski definition) is 7. The molecule has 5 N–H and O–H groups in total. The molecule has 1 saturated heterocycles. The molecular formula is C23H29N7O4. The number of primary amides is 1. The Bertz CT molecular complexity index is 1070. The van der Waals surface area contributed by atoms with Gasteiger partial charge in [0, 0.05) is 18.2 Å². The normalized spacial score (nSPS) is 20.9. The number of benzene rings is 1. The molecule has 4 amide bonds. The van der Waals surface area contributed by atoms with E-state index in [-0.39, 0.29) is 30.4 Å². The van der Waals surface area contributed by atoms with Gasteiger partial charge in [-0.3, -0.25) is 24.2 Å². The number of hydrogen-bond donors (Lipinski definition) is 4. The van der Waals surface area contributed by atoms with E-state index in [1.54, 1.807) is 29.3 Å². The van der Waals surface area contributed by atoms with Gasteiger partial charge in [-0.2, -0.15) is 5.26 Å². The molecule has 11 heteroatoms. The van der Waals surface area contributed by atoms with Crippen molar-refractivity contribution in [3.05, 3.63) is 41.1 Å². The maximum absolute atomic E-state index is 13.0. The summed E-state index contributed by atoms with van der Waals surface area (Å²) in [5.74, 6) is -2.48. The molecule has 1 aliphatic carbocycles. The molecule has 180 valence electrons. The van der Waals surface area contributed by atoms with Crippen LogP contribution in [0.1, 0.15) is 50.8 Å². The number of nitrogens with zero attached hydrogens (tertiary/aromatic N) is 3. The van der Waals surface area contributed by atoms with Gasteiger partial charge in [-0.25, -0.2) is 5.43 Å². The molecule has 2 aliphatic heterocycles. The van der Waals surface area contributed by atoms with Crippen LogP contribution in [-0.4, -0.2) is 52.8 Å². The molecule has 4 rings (SSSR count). The van der Waals surface area contributed by atoms with Crippen LogP contribution in [0.2, 0.25) is 0 Å². The van der Waals surface area contributed by atoms with Crippen LogP contribution in [0.15, 0.2) is 30.0 Å². The Morgan fingerprint density at radius 3 is 2.59 bits per heavy atom. The number of nitriles is 1. The third-order valence-electron chi connectivity index (χ3n) is 5.67.